The number of nitrogens with two attached hydrogens (primary N) is 1. The number of carbonyl (C=O) groups excluding carboxylic acids is 1. The van der Waals surface area contributed by atoms with Crippen LogP contribution < -0.4 is 10.5 Å². The van der Waals surface area contributed by atoms with Crippen molar-refractivity contribution in [1.29, 1.82) is 0 Å². The summed E-state index contributed by atoms with van der Waals surface area (Å²) in [5.41, 5.74) is 6.76. The maximum Gasteiger partial charge on any atom is 0.263 e. The quantitative estimate of drug-likeness (QED) is 0.929. The molecule has 2 atom stereocenters. The fourth-order valence-corrected chi connectivity index (χ4v) is 2.78. The molecule has 1 saturated heterocycles. The average Bonchev–Trinajstić information content (AvgIpc) is 2.49. The Balaban J connectivity index is 2.08. The molecule has 2 rings (SSSR count). The summed E-state index contributed by atoms with van der Waals surface area (Å²) >= 11 is 6.00. The average molecular weight is 311 g/mol. The smallest absolute Gasteiger partial charge is 0.263 e. The highest BCUT2D eigenvalue weighted by Crippen LogP contribution is 2.28. The molecule has 1 aliphatic rings. The molecule has 1 aromatic carbocycles. The van der Waals surface area contributed by atoms with E-state index in [0.29, 0.717) is 10.8 Å². The number of benzene rings is 1. The molecule has 1 aromatic rings. The SMILES string of the molecule is CC(Oc1ccc(Cl)cc1C(C)N)C(=O)N1CCCCC1. The molecule has 2 N–H and O–H groups in total. The van der Waals surface area contributed by atoms with Crippen molar-refractivity contribution in [3.8, 4) is 5.75 Å². The zero-order chi connectivity index (χ0) is 15.4. The first-order valence-electron chi connectivity index (χ1n) is 7.49. The van der Waals surface area contributed by atoms with Crippen LogP contribution in [0.15, 0.2) is 18.2 Å². The van der Waals surface area contributed by atoms with Crippen LogP contribution >= 0.6 is 11.6 Å². The van der Waals surface area contributed by atoms with E-state index >= 15 is 0 Å². The van der Waals surface area contributed by atoms with Gasteiger partial charge in [0, 0.05) is 29.7 Å². The van der Waals surface area contributed by atoms with Crippen LogP contribution in [-0.4, -0.2) is 30.0 Å². The van der Waals surface area contributed by atoms with Crippen molar-refractivity contribution in [2.24, 2.45) is 5.73 Å². The lowest BCUT2D eigenvalue weighted by Crippen LogP contribution is -2.43. The number of carbonyl (C=O) groups is 1. The van der Waals surface area contributed by atoms with Gasteiger partial charge in [0.15, 0.2) is 6.10 Å². The molecule has 0 radical (unpaired) electrons. The first kappa shape index (κ1) is 16.1. The monoisotopic (exact) mass is 310 g/mol. The van der Waals surface area contributed by atoms with Gasteiger partial charge in [0.05, 0.1) is 0 Å². The molecule has 0 bridgehead atoms. The summed E-state index contributed by atoms with van der Waals surface area (Å²) in [6.07, 6.45) is 2.83. The van der Waals surface area contributed by atoms with Crippen LogP contribution in [0.2, 0.25) is 5.02 Å². The van der Waals surface area contributed by atoms with Crippen molar-refractivity contribution in [1.82, 2.24) is 4.90 Å². The van der Waals surface area contributed by atoms with Gasteiger partial charge < -0.3 is 15.4 Å². The molecule has 1 fully saturated rings. The van der Waals surface area contributed by atoms with Gasteiger partial charge in [0.1, 0.15) is 5.75 Å². The zero-order valence-corrected chi connectivity index (χ0v) is 13.4. The van der Waals surface area contributed by atoms with Crippen molar-refractivity contribution in [3.63, 3.8) is 0 Å². The number of nitrogens with zero attached hydrogens (tertiary/aromatic N) is 1. The fraction of sp³-hybridized carbons (Fsp3) is 0.562. The van der Waals surface area contributed by atoms with Crippen LogP contribution in [0, 0.1) is 0 Å². The van der Waals surface area contributed by atoms with E-state index in [-0.39, 0.29) is 11.9 Å². The molecule has 1 heterocycles. The minimum absolute atomic E-state index is 0.0419. The van der Waals surface area contributed by atoms with Crippen molar-refractivity contribution >= 4 is 17.5 Å². The standard InChI is InChI=1S/C16H23ClN2O2/c1-11(18)14-10-13(17)6-7-15(14)21-12(2)16(20)19-8-4-3-5-9-19/h6-7,10-12H,3-5,8-9,18H2,1-2H3. The lowest BCUT2D eigenvalue weighted by Gasteiger charge is -2.29. The van der Waals surface area contributed by atoms with Gasteiger partial charge in [-0.1, -0.05) is 11.6 Å². The Labute approximate surface area is 131 Å². The third-order valence-corrected chi connectivity index (χ3v) is 4.02. The number of piperidine rings is 1. The summed E-state index contributed by atoms with van der Waals surface area (Å²) in [6.45, 7) is 5.31. The summed E-state index contributed by atoms with van der Waals surface area (Å²) in [7, 11) is 0. The number of hydrogen-bond acceptors (Lipinski definition) is 3. The molecule has 21 heavy (non-hydrogen) atoms. The number of likely N-dealkylation sites (tertiary alicyclic amines) is 1. The van der Waals surface area contributed by atoms with E-state index in [1.807, 2.05) is 11.8 Å². The maximum atomic E-state index is 12.4. The number of rotatable bonds is 4. The second kappa shape index (κ2) is 7.14. The van der Waals surface area contributed by atoms with Gasteiger partial charge in [0.25, 0.3) is 5.91 Å². The van der Waals surface area contributed by atoms with Crippen molar-refractivity contribution in [2.45, 2.75) is 45.3 Å². The number of ether oxygens (including phenoxy) is 1. The highest BCUT2D eigenvalue weighted by atomic mass is 35.5. The zero-order valence-electron chi connectivity index (χ0n) is 12.6. The summed E-state index contributed by atoms with van der Waals surface area (Å²) in [6, 6.07) is 5.12. The van der Waals surface area contributed by atoms with Crippen LogP contribution in [0.3, 0.4) is 0 Å². The first-order valence-corrected chi connectivity index (χ1v) is 7.87. The number of hydrogen-bond donors (Lipinski definition) is 1. The molecule has 5 heteroatoms. The molecule has 0 aromatic heterocycles. The van der Waals surface area contributed by atoms with Gasteiger partial charge in [-0.25, -0.2) is 0 Å². The minimum Gasteiger partial charge on any atom is -0.481 e. The Kier molecular flexibility index (Phi) is 5.48. The van der Waals surface area contributed by atoms with Crippen LogP contribution in [0.5, 0.6) is 5.75 Å². The predicted molar refractivity (Wildman–Crippen MR) is 84.6 cm³/mol. The first-order chi connectivity index (χ1) is 9.99. The van der Waals surface area contributed by atoms with Gasteiger partial charge in [0.2, 0.25) is 0 Å². The van der Waals surface area contributed by atoms with Crippen LogP contribution in [0.1, 0.15) is 44.7 Å². The molecular weight excluding hydrogens is 288 g/mol. The Morgan fingerprint density at radius 3 is 2.57 bits per heavy atom. The minimum atomic E-state index is -0.512. The van der Waals surface area contributed by atoms with E-state index in [0.717, 1.165) is 31.5 Å². The largest absolute Gasteiger partial charge is 0.481 e. The molecule has 1 amide bonds. The Morgan fingerprint density at radius 1 is 1.29 bits per heavy atom. The second-order valence-electron chi connectivity index (χ2n) is 5.62. The fourth-order valence-electron chi connectivity index (χ4n) is 2.59. The van der Waals surface area contributed by atoms with Crippen molar-refractivity contribution < 1.29 is 9.53 Å². The molecule has 1 aliphatic heterocycles. The molecule has 4 nitrogen and oxygen atoms in total. The Morgan fingerprint density at radius 2 is 1.95 bits per heavy atom. The van der Waals surface area contributed by atoms with E-state index < -0.39 is 6.10 Å². The molecule has 2 unspecified atom stereocenters. The highest BCUT2D eigenvalue weighted by Gasteiger charge is 2.24. The van der Waals surface area contributed by atoms with Crippen LogP contribution in [0.25, 0.3) is 0 Å². The normalized spacial score (nSPS) is 18.2. The molecule has 0 aliphatic carbocycles. The topological polar surface area (TPSA) is 55.6 Å². The lowest BCUT2D eigenvalue weighted by molar-refractivity contribution is -0.138. The van der Waals surface area contributed by atoms with Crippen molar-refractivity contribution in [2.75, 3.05) is 13.1 Å². The number of halogens is 1. The van der Waals surface area contributed by atoms with Gasteiger partial charge in [-0.15, -0.1) is 0 Å². The van der Waals surface area contributed by atoms with E-state index in [2.05, 4.69) is 0 Å². The van der Waals surface area contributed by atoms with E-state index in [1.165, 1.54) is 6.42 Å². The predicted octanol–water partition coefficient (Wildman–Crippen LogP) is 3.14. The highest BCUT2D eigenvalue weighted by molar-refractivity contribution is 6.30. The van der Waals surface area contributed by atoms with E-state index in [9.17, 15) is 4.79 Å². The summed E-state index contributed by atoms with van der Waals surface area (Å²) in [5, 5.41) is 0.615. The summed E-state index contributed by atoms with van der Waals surface area (Å²) in [4.78, 5) is 14.3. The molecular formula is C16H23ClN2O2. The van der Waals surface area contributed by atoms with Crippen LogP contribution in [0.4, 0.5) is 0 Å². The Bertz CT molecular complexity index is 499. The molecule has 0 saturated carbocycles. The van der Waals surface area contributed by atoms with Gasteiger partial charge in [-0.05, 0) is 51.3 Å². The van der Waals surface area contributed by atoms with Gasteiger partial charge in [-0.3, -0.25) is 4.79 Å². The van der Waals surface area contributed by atoms with Gasteiger partial charge >= 0.3 is 0 Å². The van der Waals surface area contributed by atoms with Gasteiger partial charge in [-0.2, -0.15) is 0 Å². The van der Waals surface area contributed by atoms with Crippen LogP contribution in [-0.2, 0) is 4.79 Å². The lowest BCUT2D eigenvalue weighted by atomic mass is 10.1. The van der Waals surface area contributed by atoms with E-state index in [4.69, 9.17) is 22.1 Å². The number of amides is 1. The Hall–Kier alpha value is -1.26. The maximum absolute atomic E-state index is 12.4. The summed E-state index contributed by atoms with van der Waals surface area (Å²) in [5.74, 6) is 0.674. The molecule has 0 spiro atoms. The summed E-state index contributed by atoms with van der Waals surface area (Å²) < 4.78 is 5.85. The third-order valence-electron chi connectivity index (χ3n) is 3.78. The molecule has 116 valence electrons. The van der Waals surface area contributed by atoms with E-state index in [1.54, 1.807) is 25.1 Å². The second-order valence-corrected chi connectivity index (χ2v) is 6.05. The van der Waals surface area contributed by atoms with Crippen molar-refractivity contribution in [3.05, 3.63) is 28.8 Å². The third kappa shape index (κ3) is 4.11.